The molecule has 6 rings (SSSR count). The van der Waals surface area contributed by atoms with Crippen molar-refractivity contribution in [2.24, 2.45) is 23.5 Å². The molecule has 2 fully saturated rings. The number of fused-ring (bicyclic) bond motifs is 3. The molecule has 3 aliphatic carbocycles. The number of H-pyrrole nitrogens is 1. The van der Waals surface area contributed by atoms with Gasteiger partial charge < -0.3 is 10.5 Å². The molecule has 5 nitrogen and oxygen atoms in total. The quantitative estimate of drug-likeness (QED) is 0.651. The summed E-state index contributed by atoms with van der Waals surface area (Å²) in [7, 11) is 0. The third kappa shape index (κ3) is 3.00. The number of aromatic amines is 1. The number of hydrogen-bond donors (Lipinski definition) is 2. The summed E-state index contributed by atoms with van der Waals surface area (Å²) < 4.78 is 5.80. The number of nitriles is 1. The number of ether oxygens (including phenoxy) is 1. The lowest BCUT2D eigenvalue weighted by Crippen LogP contribution is -2.27. The molecule has 3 N–H and O–H groups in total. The molecule has 2 aromatic rings. The van der Waals surface area contributed by atoms with Crippen LogP contribution < -0.4 is 10.5 Å². The summed E-state index contributed by atoms with van der Waals surface area (Å²) in [6, 6.07) is 11.3. The Kier molecular flexibility index (Phi) is 4.41. The molecule has 1 aromatic carbocycles. The van der Waals surface area contributed by atoms with E-state index in [0.29, 0.717) is 35.1 Å². The summed E-state index contributed by atoms with van der Waals surface area (Å²) in [6.07, 6.45) is 13.6. The highest BCUT2D eigenvalue weighted by Crippen LogP contribution is 2.55. The summed E-state index contributed by atoms with van der Waals surface area (Å²) in [5, 5.41) is 17.6. The predicted molar refractivity (Wildman–Crippen MR) is 119 cm³/mol. The zero-order chi connectivity index (χ0) is 20.9. The minimum absolute atomic E-state index is 0.0690. The number of rotatable bonds is 3. The maximum Gasteiger partial charge on any atom is 0.244 e. The Morgan fingerprint density at radius 2 is 1.87 bits per heavy atom. The molecule has 5 heteroatoms. The second kappa shape index (κ2) is 7.30. The number of benzene rings is 1. The van der Waals surface area contributed by atoms with Crippen molar-refractivity contribution in [2.45, 2.75) is 56.8 Å². The van der Waals surface area contributed by atoms with Gasteiger partial charge in [-0.05, 0) is 60.5 Å². The van der Waals surface area contributed by atoms with E-state index < -0.39 is 0 Å². The molecule has 158 valence electrons. The third-order valence-electron chi connectivity index (χ3n) is 8.02. The fourth-order valence-corrected chi connectivity index (χ4v) is 6.49. The van der Waals surface area contributed by atoms with Crippen LogP contribution in [-0.2, 0) is 0 Å². The van der Waals surface area contributed by atoms with Crippen LogP contribution in [-0.4, -0.2) is 10.2 Å². The van der Waals surface area contributed by atoms with E-state index in [1.54, 1.807) is 0 Å². The lowest BCUT2D eigenvalue weighted by molar-refractivity contribution is 0.330. The minimum atomic E-state index is -0.0690. The van der Waals surface area contributed by atoms with Gasteiger partial charge in [0.15, 0.2) is 0 Å². The van der Waals surface area contributed by atoms with Crippen LogP contribution in [0.2, 0.25) is 0 Å². The SMILES string of the molecule is N#CC1=C(N)Oc2n[nH]c(-c3ccc(C4CCCCC4)cc3)c2C1C1CC2C=CC1C2. The van der Waals surface area contributed by atoms with E-state index >= 15 is 0 Å². The normalized spacial score (nSPS) is 29.6. The fraction of sp³-hybridized carbons (Fsp3) is 0.462. The average Bonchev–Trinajstić information content (AvgIpc) is 3.55. The molecule has 4 unspecified atom stereocenters. The number of nitrogens with one attached hydrogen (secondary N) is 1. The van der Waals surface area contributed by atoms with Gasteiger partial charge in [0.1, 0.15) is 6.07 Å². The van der Waals surface area contributed by atoms with E-state index in [-0.39, 0.29) is 11.8 Å². The molecule has 0 saturated heterocycles. The Hall–Kier alpha value is -3.00. The van der Waals surface area contributed by atoms with E-state index in [1.807, 2.05) is 0 Å². The fourth-order valence-electron chi connectivity index (χ4n) is 6.49. The topological polar surface area (TPSA) is 87.7 Å². The monoisotopic (exact) mass is 412 g/mol. The zero-order valence-electron chi connectivity index (χ0n) is 17.7. The van der Waals surface area contributed by atoms with Gasteiger partial charge in [-0.25, -0.2) is 0 Å². The van der Waals surface area contributed by atoms with Crippen LogP contribution in [0.4, 0.5) is 0 Å². The van der Waals surface area contributed by atoms with E-state index in [0.717, 1.165) is 23.2 Å². The van der Waals surface area contributed by atoms with Gasteiger partial charge in [-0.3, -0.25) is 5.10 Å². The number of allylic oxidation sites excluding steroid dienone is 3. The van der Waals surface area contributed by atoms with Crippen molar-refractivity contribution in [1.29, 1.82) is 5.26 Å². The molecule has 4 atom stereocenters. The van der Waals surface area contributed by atoms with E-state index in [1.165, 1.54) is 44.1 Å². The first-order chi connectivity index (χ1) is 15.2. The first kappa shape index (κ1) is 18.7. The second-order valence-corrected chi connectivity index (χ2v) is 9.69. The van der Waals surface area contributed by atoms with E-state index in [9.17, 15) is 5.26 Å². The van der Waals surface area contributed by atoms with Crippen LogP contribution in [0.25, 0.3) is 11.3 Å². The van der Waals surface area contributed by atoms with Crippen LogP contribution in [0, 0.1) is 29.1 Å². The molecule has 0 spiro atoms. The molecule has 0 radical (unpaired) electrons. The van der Waals surface area contributed by atoms with Gasteiger partial charge >= 0.3 is 0 Å². The lowest BCUT2D eigenvalue weighted by Gasteiger charge is -2.31. The Labute approximate surface area is 183 Å². The summed E-state index contributed by atoms with van der Waals surface area (Å²) in [6.45, 7) is 0. The Bertz CT molecular complexity index is 1100. The van der Waals surface area contributed by atoms with Crippen molar-refractivity contribution < 1.29 is 4.74 Å². The summed E-state index contributed by atoms with van der Waals surface area (Å²) in [4.78, 5) is 0. The highest BCUT2D eigenvalue weighted by atomic mass is 16.5. The average molecular weight is 413 g/mol. The highest BCUT2D eigenvalue weighted by molar-refractivity contribution is 5.69. The number of aromatic nitrogens is 2. The molecule has 4 aliphatic rings. The van der Waals surface area contributed by atoms with Crippen molar-refractivity contribution in [2.75, 3.05) is 0 Å². The van der Waals surface area contributed by atoms with Crippen LogP contribution in [0.15, 0.2) is 47.9 Å². The van der Waals surface area contributed by atoms with Gasteiger partial charge in [0.25, 0.3) is 0 Å². The van der Waals surface area contributed by atoms with E-state index in [4.69, 9.17) is 10.5 Å². The smallest absolute Gasteiger partial charge is 0.244 e. The van der Waals surface area contributed by atoms with Gasteiger partial charge in [0, 0.05) is 5.92 Å². The summed E-state index contributed by atoms with van der Waals surface area (Å²) in [5.41, 5.74) is 11.2. The molecule has 2 saturated carbocycles. The van der Waals surface area contributed by atoms with Crippen molar-refractivity contribution in [1.82, 2.24) is 10.2 Å². The number of nitrogens with two attached hydrogens (primary N) is 1. The summed E-state index contributed by atoms with van der Waals surface area (Å²) in [5.74, 6) is 2.82. The third-order valence-corrected chi connectivity index (χ3v) is 8.02. The molecule has 2 bridgehead atoms. The minimum Gasteiger partial charge on any atom is -0.420 e. The molecular formula is C26H28N4O. The summed E-state index contributed by atoms with van der Waals surface area (Å²) >= 11 is 0. The van der Waals surface area contributed by atoms with E-state index in [2.05, 4.69) is 52.7 Å². The van der Waals surface area contributed by atoms with Crippen molar-refractivity contribution in [3.8, 4) is 23.2 Å². The van der Waals surface area contributed by atoms with Gasteiger partial charge in [-0.15, -0.1) is 5.10 Å². The van der Waals surface area contributed by atoms with Gasteiger partial charge in [0.05, 0.1) is 16.8 Å². The second-order valence-electron chi connectivity index (χ2n) is 9.69. The largest absolute Gasteiger partial charge is 0.420 e. The standard InChI is InChI=1S/C26H28N4O/c27-14-21-22(20-13-15-6-7-19(20)12-15)23-24(29-30-26(23)31-25(21)28)18-10-8-17(9-11-18)16-4-2-1-3-5-16/h6-11,15-16,19-20,22H,1-5,12-13,28H2,(H,29,30). The number of nitrogens with zero attached hydrogens (tertiary/aromatic N) is 2. The van der Waals surface area contributed by atoms with Gasteiger partial charge in [-0.2, -0.15) is 5.26 Å². The van der Waals surface area contributed by atoms with Gasteiger partial charge in [0.2, 0.25) is 11.8 Å². The molecular weight excluding hydrogens is 384 g/mol. The Morgan fingerprint density at radius 1 is 1.06 bits per heavy atom. The first-order valence-corrected chi connectivity index (χ1v) is 11.7. The molecule has 0 amide bonds. The maximum atomic E-state index is 9.95. The van der Waals surface area contributed by atoms with Crippen molar-refractivity contribution in [3.63, 3.8) is 0 Å². The van der Waals surface area contributed by atoms with Crippen LogP contribution in [0.5, 0.6) is 5.88 Å². The molecule has 2 heterocycles. The Balaban J connectivity index is 1.39. The predicted octanol–water partition coefficient (Wildman–Crippen LogP) is 5.51. The highest BCUT2D eigenvalue weighted by Gasteiger charge is 2.46. The zero-order valence-corrected chi connectivity index (χ0v) is 17.7. The molecule has 1 aromatic heterocycles. The maximum absolute atomic E-state index is 9.95. The van der Waals surface area contributed by atoms with Crippen LogP contribution in [0.1, 0.15) is 67.9 Å². The van der Waals surface area contributed by atoms with Crippen molar-refractivity contribution >= 4 is 0 Å². The van der Waals surface area contributed by atoms with Crippen molar-refractivity contribution in [3.05, 3.63) is 59.0 Å². The van der Waals surface area contributed by atoms with Crippen LogP contribution >= 0.6 is 0 Å². The van der Waals surface area contributed by atoms with Crippen LogP contribution in [0.3, 0.4) is 0 Å². The Morgan fingerprint density at radius 3 is 2.55 bits per heavy atom. The number of hydrogen-bond acceptors (Lipinski definition) is 4. The molecule has 1 aliphatic heterocycles. The molecule has 31 heavy (non-hydrogen) atoms. The lowest BCUT2D eigenvalue weighted by atomic mass is 9.73. The van der Waals surface area contributed by atoms with Gasteiger partial charge in [-0.1, -0.05) is 55.7 Å². The first-order valence-electron chi connectivity index (χ1n) is 11.7.